The maximum absolute atomic E-state index is 6.08. The highest BCUT2D eigenvalue weighted by Gasteiger charge is 2.09. The summed E-state index contributed by atoms with van der Waals surface area (Å²) >= 11 is 6.08. The standard InChI is InChI=1S/C13H20ClNO3/c1-16-7-5-4-6-15-11-8-10(14)12(17-2)9-13(11)18-3/h8-9,15H,4-7H2,1-3H3. The van der Waals surface area contributed by atoms with Gasteiger partial charge in [0.05, 0.1) is 24.9 Å². The maximum Gasteiger partial charge on any atom is 0.145 e. The van der Waals surface area contributed by atoms with Crippen molar-refractivity contribution in [1.82, 2.24) is 0 Å². The van der Waals surface area contributed by atoms with Crippen molar-refractivity contribution >= 4 is 17.3 Å². The summed E-state index contributed by atoms with van der Waals surface area (Å²) in [5.74, 6) is 1.33. The van der Waals surface area contributed by atoms with Crippen LogP contribution in [0.1, 0.15) is 12.8 Å². The molecule has 0 saturated carbocycles. The van der Waals surface area contributed by atoms with E-state index in [-0.39, 0.29) is 0 Å². The van der Waals surface area contributed by atoms with Crippen LogP contribution in [0, 0.1) is 0 Å². The Morgan fingerprint density at radius 1 is 1.06 bits per heavy atom. The number of hydrogen-bond donors (Lipinski definition) is 1. The lowest BCUT2D eigenvalue weighted by atomic mass is 10.2. The van der Waals surface area contributed by atoms with Crippen molar-refractivity contribution in [3.8, 4) is 11.5 Å². The van der Waals surface area contributed by atoms with Gasteiger partial charge in [0.2, 0.25) is 0 Å². The van der Waals surface area contributed by atoms with Crippen LogP contribution in [-0.2, 0) is 4.74 Å². The van der Waals surface area contributed by atoms with Gasteiger partial charge in [-0.3, -0.25) is 0 Å². The van der Waals surface area contributed by atoms with Crippen LogP contribution >= 0.6 is 11.6 Å². The van der Waals surface area contributed by atoms with Crippen molar-refractivity contribution in [3.63, 3.8) is 0 Å². The molecule has 0 fully saturated rings. The molecule has 0 radical (unpaired) electrons. The molecule has 0 aromatic heterocycles. The van der Waals surface area contributed by atoms with Crippen molar-refractivity contribution in [2.75, 3.05) is 39.8 Å². The number of nitrogens with one attached hydrogen (secondary N) is 1. The van der Waals surface area contributed by atoms with E-state index in [9.17, 15) is 0 Å². The summed E-state index contributed by atoms with van der Waals surface area (Å²) in [6.45, 7) is 1.63. The molecular weight excluding hydrogens is 254 g/mol. The largest absolute Gasteiger partial charge is 0.495 e. The lowest BCUT2D eigenvalue weighted by Gasteiger charge is -2.13. The lowest BCUT2D eigenvalue weighted by Crippen LogP contribution is -2.04. The highest BCUT2D eigenvalue weighted by molar-refractivity contribution is 6.32. The minimum atomic E-state index is 0.567. The zero-order chi connectivity index (χ0) is 13.4. The zero-order valence-corrected chi connectivity index (χ0v) is 11.8. The van der Waals surface area contributed by atoms with E-state index in [1.807, 2.05) is 6.07 Å². The molecule has 5 heteroatoms. The van der Waals surface area contributed by atoms with E-state index < -0.39 is 0 Å². The first-order valence-electron chi connectivity index (χ1n) is 5.87. The number of ether oxygens (including phenoxy) is 3. The van der Waals surface area contributed by atoms with Gasteiger partial charge in [0.15, 0.2) is 0 Å². The van der Waals surface area contributed by atoms with E-state index in [1.54, 1.807) is 27.4 Å². The molecule has 18 heavy (non-hydrogen) atoms. The van der Waals surface area contributed by atoms with Crippen LogP contribution in [0.5, 0.6) is 11.5 Å². The summed E-state index contributed by atoms with van der Waals surface area (Å²) in [5, 5.41) is 3.86. The van der Waals surface area contributed by atoms with Gasteiger partial charge in [0.25, 0.3) is 0 Å². The summed E-state index contributed by atoms with van der Waals surface area (Å²) in [7, 11) is 4.91. The topological polar surface area (TPSA) is 39.7 Å². The first-order chi connectivity index (χ1) is 8.72. The summed E-state index contributed by atoms with van der Waals surface area (Å²) in [4.78, 5) is 0. The minimum absolute atomic E-state index is 0.567. The van der Waals surface area contributed by atoms with Gasteiger partial charge in [-0.2, -0.15) is 0 Å². The number of methoxy groups -OCH3 is 3. The number of halogens is 1. The number of benzene rings is 1. The molecule has 0 bridgehead atoms. The fourth-order valence-corrected chi connectivity index (χ4v) is 1.83. The van der Waals surface area contributed by atoms with Gasteiger partial charge in [-0.05, 0) is 18.9 Å². The molecule has 0 heterocycles. The van der Waals surface area contributed by atoms with E-state index >= 15 is 0 Å². The Morgan fingerprint density at radius 2 is 1.78 bits per heavy atom. The first kappa shape index (κ1) is 14.9. The molecule has 1 aromatic carbocycles. The van der Waals surface area contributed by atoms with Crippen LogP contribution in [-0.4, -0.2) is 34.5 Å². The fourth-order valence-electron chi connectivity index (χ4n) is 1.59. The molecule has 102 valence electrons. The molecule has 0 saturated heterocycles. The van der Waals surface area contributed by atoms with Crippen LogP contribution in [0.3, 0.4) is 0 Å². The summed E-state index contributed by atoms with van der Waals surface area (Å²) in [5.41, 5.74) is 0.876. The van der Waals surface area contributed by atoms with Gasteiger partial charge >= 0.3 is 0 Å². The minimum Gasteiger partial charge on any atom is -0.495 e. The molecule has 0 aliphatic heterocycles. The molecule has 0 unspecified atom stereocenters. The second-order valence-electron chi connectivity index (χ2n) is 3.81. The van der Waals surface area contributed by atoms with Crippen LogP contribution in [0.4, 0.5) is 5.69 Å². The number of unbranched alkanes of at least 4 members (excludes halogenated alkanes) is 1. The molecule has 0 amide bonds. The van der Waals surface area contributed by atoms with Gasteiger partial charge in [0, 0.05) is 26.3 Å². The van der Waals surface area contributed by atoms with Crippen LogP contribution in [0.15, 0.2) is 12.1 Å². The van der Waals surface area contributed by atoms with Gasteiger partial charge < -0.3 is 19.5 Å². The quantitative estimate of drug-likeness (QED) is 0.739. The van der Waals surface area contributed by atoms with Crippen LogP contribution < -0.4 is 14.8 Å². The molecule has 0 aliphatic rings. The third-order valence-electron chi connectivity index (χ3n) is 2.56. The molecule has 1 rings (SSSR count). The molecule has 0 atom stereocenters. The Labute approximate surface area is 113 Å². The number of rotatable bonds is 8. The normalized spacial score (nSPS) is 10.2. The van der Waals surface area contributed by atoms with Gasteiger partial charge in [-0.15, -0.1) is 0 Å². The third kappa shape index (κ3) is 4.27. The Balaban J connectivity index is 2.61. The van der Waals surface area contributed by atoms with Gasteiger partial charge in [-0.1, -0.05) is 11.6 Å². The first-order valence-corrected chi connectivity index (χ1v) is 6.25. The van der Waals surface area contributed by atoms with E-state index in [0.717, 1.165) is 37.4 Å². The second kappa shape index (κ2) is 8.06. The molecule has 0 spiro atoms. The molecule has 4 nitrogen and oxygen atoms in total. The predicted octanol–water partition coefficient (Wildman–Crippen LogP) is 3.20. The predicted molar refractivity (Wildman–Crippen MR) is 74.2 cm³/mol. The van der Waals surface area contributed by atoms with Crippen molar-refractivity contribution in [1.29, 1.82) is 0 Å². The highest BCUT2D eigenvalue weighted by atomic mass is 35.5. The second-order valence-corrected chi connectivity index (χ2v) is 4.22. The average Bonchev–Trinajstić information content (AvgIpc) is 2.38. The SMILES string of the molecule is COCCCCNc1cc(Cl)c(OC)cc1OC. The lowest BCUT2D eigenvalue weighted by molar-refractivity contribution is 0.194. The molecular formula is C13H20ClNO3. The summed E-state index contributed by atoms with van der Waals surface area (Å²) in [6, 6.07) is 3.59. The Hall–Kier alpha value is -1.13. The van der Waals surface area contributed by atoms with Gasteiger partial charge in [-0.25, -0.2) is 0 Å². The molecule has 0 aliphatic carbocycles. The Morgan fingerprint density at radius 3 is 2.39 bits per heavy atom. The zero-order valence-electron chi connectivity index (χ0n) is 11.1. The Bertz CT molecular complexity index is 371. The maximum atomic E-state index is 6.08. The van der Waals surface area contributed by atoms with Crippen molar-refractivity contribution in [2.24, 2.45) is 0 Å². The fraction of sp³-hybridized carbons (Fsp3) is 0.538. The van der Waals surface area contributed by atoms with E-state index in [1.165, 1.54) is 0 Å². The average molecular weight is 274 g/mol. The number of anilines is 1. The van der Waals surface area contributed by atoms with E-state index in [0.29, 0.717) is 10.8 Å². The van der Waals surface area contributed by atoms with E-state index in [2.05, 4.69) is 5.32 Å². The summed E-state index contributed by atoms with van der Waals surface area (Å²) in [6.07, 6.45) is 2.05. The number of hydrogen-bond acceptors (Lipinski definition) is 4. The molecule has 1 N–H and O–H groups in total. The monoisotopic (exact) mass is 273 g/mol. The van der Waals surface area contributed by atoms with Crippen molar-refractivity contribution in [2.45, 2.75) is 12.8 Å². The van der Waals surface area contributed by atoms with Crippen LogP contribution in [0.2, 0.25) is 5.02 Å². The van der Waals surface area contributed by atoms with E-state index in [4.69, 9.17) is 25.8 Å². The highest BCUT2D eigenvalue weighted by Crippen LogP contribution is 2.35. The smallest absolute Gasteiger partial charge is 0.145 e. The Kier molecular flexibility index (Phi) is 6.68. The van der Waals surface area contributed by atoms with Crippen LogP contribution in [0.25, 0.3) is 0 Å². The molecule has 1 aromatic rings. The van der Waals surface area contributed by atoms with Crippen molar-refractivity contribution in [3.05, 3.63) is 17.2 Å². The van der Waals surface area contributed by atoms with Gasteiger partial charge in [0.1, 0.15) is 11.5 Å². The van der Waals surface area contributed by atoms with Crippen molar-refractivity contribution < 1.29 is 14.2 Å². The third-order valence-corrected chi connectivity index (χ3v) is 2.86. The summed E-state index contributed by atoms with van der Waals surface area (Å²) < 4.78 is 15.4.